The third-order valence-corrected chi connectivity index (χ3v) is 2.33. The number of nitro groups is 1. The number of hydrogen-bond acceptors (Lipinski definition) is 5. The van der Waals surface area contributed by atoms with E-state index < -0.39 is 4.92 Å². The molecule has 0 atom stereocenters. The molecule has 0 fully saturated rings. The summed E-state index contributed by atoms with van der Waals surface area (Å²) in [6.07, 6.45) is 0.772. The number of nitrogens with zero attached hydrogens (tertiary/aromatic N) is 3. The lowest BCUT2D eigenvalue weighted by Crippen LogP contribution is -2.21. The molecule has 0 radical (unpaired) electrons. The fourth-order valence-corrected chi connectivity index (χ4v) is 1.52. The Kier molecular flexibility index (Phi) is 3.22. The molecule has 0 saturated heterocycles. The van der Waals surface area contributed by atoms with Gasteiger partial charge in [-0.3, -0.25) is 14.9 Å². The van der Waals surface area contributed by atoms with Gasteiger partial charge in [-0.05, 0) is 18.6 Å². The maximum atomic E-state index is 11.5. The topological polar surface area (TPSA) is 91.2 Å². The number of aromatic nitrogens is 2. The van der Waals surface area contributed by atoms with Crippen molar-refractivity contribution in [3.05, 3.63) is 44.7 Å². The molecular weight excluding hydrogens is 238 g/mol. The van der Waals surface area contributed by atoms with Crippen molar-refractivity contribution < 1.29 is 9.34 Å². The first-order valence-corrected chi connectivity index (χ1v) is 5.44. The molecule has 0 aromatic carbocycles. The molecule has 0 aliphatic heterocycles. The summed E-state index contributed by atoms with van der Waals surface area (Å²) < 4.78 is 6.34. The van der Waals surface area contributed by atoms with E-state index in [1.807, 2.05) is 6.92 Å². The molecule has 0 spiro atoms. The van der Waals surface area contributed by atoms with Crippen LogP contribution in [0.25, 0.3) is 11.5 Å². The summed E-state index contributed by atoms with van der Waals surface area (Å²) in [6, 6.07) is 5.57. The van der Waals surface area contributed by atoms with Crippen LogP contribution in [-0.2, 0) is 6.54 Å². The van der Waals surface area contributed by atoms with E-state index in [9.17, 15) is 14.9 Å². The zero-order valence-corrected chi connectivity index (χ0v) is 9.70. The van der Waals surface area contributed by atoms with Gasteiger partial charge in [0.1, 0.15) is 10.6 Å². The molecule has 18 heavy (non-hydrogen) atoms. The van der Waals surface area contributed by atoms with Gasteiger partial charge in [0.15, 0.2) is 5.76 Å². The summed E-state index contributed by atoms with van der Waals surface area (Å²) >= 11 is 0. The minimum Gasteiger partial charge on any atom is -0.399 e. The molecule has 0 saturated carbocycles. The largest absolute Gasteiger partial charge is 0.433 e. The van der Waals surface area contributed by atoms with E-state index in [4.69, 9.17) is 4.42 Å². The fourth-order valence-electron chi connectivity index (χ4n) is 1.52. The van der Waals surface area contributed by atoms with E-state index in [0.29, 0.717) is 12.2 Å². The Morgan fingerprint density at radius 1 is 1.39 bits per heavy atom. The standard InChI is InChI=1S/C11H11N3O4/c1-2-7-13-10(15)5-3-8(12-13)9-4-6-11(18-9)14(16)17/h3-6H,2,7H2,1H3. The highest BCUT2D eigenvalue weighted by Crippen LogP contribution is 2.23. The molecule has 7 nitrogen and oxygen atoms in total. The number of aryl methyl sites for hydroxylation is 1. The monoisotopic (exact) mass is 249 g/mol. The molecule has 0 aliphatic carbocycles. The molecule has 2 aromatic rings. The first kappa shape index (κ1) is 12.0. The predicted octanol–water partition coefficient (Wildman–Crippen LogP) is 1.82. The zero-order chi connectivity index (χ0) is 13.1. The summed E-state index contributed by atoms with van der Waals surface area (Å²) in [5, 5.41) is 14.6. The van der Waals surface area contributed by atoms with Crippen molar-refractivity contribution in [3.8, 4) is 11.5 Å². The Balaban J connectivity index is 2.40. The third kappa shape index (κ3) is 2.29. The first-order valence-electron chi connectivity index (χ1n) is 5.44. The van der Waals surface area contributed by atoms with Gasteiger partial charge in [-0.25, -0.2) is 4.68 Å². The summed E-state index contributed by atoms with van der Waals surface area (Å²) in [5.41, 5.74) is 0.192. The molecule has 2 heterocycles. The Labute approximate surface area is 102 Å². The van der Waals surface area contributed by atoms with Gasteiger partial charge < -0.3 is 4.42 Å². The summed E-state index contributed by atoms with van der Waals surface area (Å²) in [5.74, 6) is -0.0772. The lowest BCUT2D eigenvalue weighted by Gasteiger charge is -2.03. The van der Waals surface area contributed by atoms with Crippen molar-refractivity contribution in [2.45, 2.75) is 19.9 Å². The van der Waals surface area contributed by atoms with E-state index in [-0.39, 0.29) is 17.2 Å². The van der Waals surface area contributed by atoms with Gasteiger partial charge in [0, 0.05) is 12.6 Å². The summed E-state index contributed by atoms with van der Waals surface area (Å²) in [7, 11) is 0. The average molecular weight is 249 g/mol. The van der Waals surface area contributed by atoms with Crippen molar-refractivity contribution in [1.82, 2.24) is 9.78 Å². The van der Waals surface area contributed by atoms with Crippen molar-refractivity contribution in [1.29, 1.82) is 0 Å². The van der Waals surface area contributed by atoms with Crippen LogP contribution >= 0.6 is 0 Å². The quantitative estimate of drug-likeness (QED) is 0.608. The average Bonchev–Trinajstić information content (AvgIpc) is 2.82. The zero-order valence-electron chi connectivity index (χ0n) is 9.70. The predicted molar refractivity (Wildman–Crippen MR) is 63.1 cm³/mol. The molecular formula is C11H11N3O4. The van der Waals surface area contributed by atoms with Crippen LogP contribution < -0.4 is 5.56 Å². The number of rotatable bonds is 4. The van der Waals surface area contributed by atoms with E-state index in [1.165, 1.54) is 28.9 Å². The van der Waals surface area contributed by atoms with Gasteiger partial charge in [-0.2, -0.15) is 5.10 Å². The van der Waals surface area contributed by atoms with Gasteiger partial charge >= 0.3 is 5.88 Å². The third-order valence-electron chi connectivity index (χ3n) is 2.33. The molecule has 0 unspecified atom stereocenters. The van der Waals surface area contributed by atoms with Gasteiger partial charge in [0.2, 0.25) is 0 Å². The molecule has 7 heteroatoms. The Morgan fingerprint density at radius 2 is 2.17 bits per heavy atom. The van der Waals surface area contributed by atoms with Crippen molar-refractivity contribution >= 4 is 5.88 Å². The van der Waals surface area contributed by atoms with Crippen molar-refractivity contribution in [2.75, 3.05) is 0 Å². The second-order valence-electron chi connectivity index (χ2n) is 3.67. The summed E-state index contributed by atoms with van der Waals surface area (Å²) in [6.45, 7) is 2.42. The second-order valence-corrected chi connectivity index (χ2v) is 3.67. The highest BCUT2D eigenvalue weighted by atomic mass is 16.6. The van der Waals surface area contributed by atoms with Gasteiger partial charge in [0.05, 0.1) is 6.07 Å². The van der Waals surface area contributed by atoms with E-state index in [0.717, 1.165) is 6.42 Å². The van der Waals surface area contributed by atoms with E-state index >= 15 is 0 Å². The maximum absolute atomic E-state index is 11.5. The highest BCUT2D eigenvalue weighted by molar-refractivity contribution is 5.52. The fraction of sp³-hybridized carbons (Fsp3) is 0.273. The minimum absolute atomic E-state index is 0.207. The van der Waals surface area contributed by atoms with Crippen LogP contribution in [0.4, 0.5) is 5.88 Å². The van der Waals surface area contributed by atoms with Gasteiger partial charge in [-0.15, -0.1) is 0 Å². The smallest absolute Gasteiger partial charge is 0.399 e. The van der Waals surface area contributed by atoms with Gasteiger partial charge in [0.25, 0.3) is 5.56 Å². The van der Waals surface area contributed by atoms with E-state index in [1.54, 1.807) is 0 Å². The Hall–Kier alpha value is -2.44. The van der Waals surface area contributed by atoms with Crippen LogP contribution in [-0.4, -0.2) is 14.7 Å². The molecule has 0 N–H and O–H groups in total. The van der Waals surface area contributed by atoms with Crippen LogP contribution in [0.3, 0.4) is 0 Å². The van der Waals surface area contributed by atoms with Crippen molar-refractivity contribution in [2.24, 2.45) is 0 Å². The lowest BCUT2D eigenvalue weighted by molar-refractivity contribution is -0.401. The normalized spacial score (nSPS) is 10.5. The van der Waals surface area contributed by atoms with Crippen LogP contribution in [0.5, 0.6) is 0 Å². The molecule has 94 valence electrons. The van der Waals surface area contributed by atoms with Crippen LogP contribution in [0, 0.1) is 10.1 Å². The Bertz CT molecular complexity index is 629. The van der Waals surface area contributed by atoms with E-state index in [2.05, 4.69) is 5.10 Å². The number of hydrogen-bond donors (Lipinski definition) is 0. The molecule has 0 bridgehead atoms. The molecule has 2 rings (SSSR count). The first-order chi connectivity index (χ1) is 8.61. The maximum Gasteiger partial charge on any atom is 0.433 e. The van der Waals surface area contributed by atoms with Gasteiger partial charge in [-0.1, -0.05) is 6.92 Å². The molecule has 2 aromatic heterocycles. The van der Waals surface area contributed by atoms with Crippen LogP contribution in [0.15, 0.2) is 33.5 Å². The number of furan rings is 1. The summed E-state index contributed by atoms with van der Waals surface area (Å²) in [4.78, 5) is 21.4. The Morgan fingerprint density at radius 3 is 2.78 bits per heavy atom. The SMILES string of the molecule is CCCn1nc(-c2ccc([N+](=O)[O-])o2)ccc1=O. The minimum atomic E-state index is -0.619. The molecule has 0 aliphatic rings. The van der Waals surface area contributed by atoms with Crippen molar-refractivity contribution in [3.63, 3.8) is 0 Å². The molecule has 0 amide bonds. The highest BCUT2D eigenvalue weighted by Gasteiger charge is 2.14. The second kappa shape index (κ2) is 4.82. The lowest BCUT2D eigenvalue weighted by atomic mass is 10.3. The van der Waals surface area contributed by atoms with Crippen LogP contribution in [0.2, 0.25) is 0 Å². The van der Waals surface area contributed by atoms with Crippen LogP contribution in [0.1, 0.15) is 13.3 Å².